The molecule has 1 aliphatic rings. The van der Waals surface area contributed by atoms with Crippen LogP contribution in [-0.4, -0.2) is 12.1 Å². The molecule has 90 valence electrons. The topological polar surface area (TPSA) is 12.0 Å². The van der Waals surface area contributed by atoms with E-state index in [2.05, 4.69) is 39.9 Å². The molecule has 0 aromatic carbocycles. The van der Waals surface area contributed by atoms with Gasteiger partial charge in [0.25, 0.3) is 0 Å². The van der Waals surface area contributed by atoms with Gasteiger partial charge in [-0.15, -0.1) is 0 Å². The molecule has 0 bridgehead atoms. The van der Waals surface area contributed by atoms with Gasteiger partial charge in [-0.3, -0.25) is 0 Å². The Balaban J connectivity index is 2.36. The minimum absolute atomic E-state index is 0.575. The van der Waals surface area contributed by atoms with Gasteiger partial charge in [0.2, 0.25) is 0 Å². The Bertz CT molecular complexity index is 182. The summed E-state index contributed by atoms with van der Waals surface area (Å²) in [5.41, 5.74) is 0.575. The predicted molar refractivity (Wildman–Crippen MR) is 68.1 cm³/mol. The average Bonchev–Trinajstić information content (AvgIpc) is 2.47. The Kier molecular flexibility index (Phi) is 4.64. The lowest BCUT2D eigenvalue weighted by Crippen LogP contribution is -2.39. The molecule has 0 saturated heterocycles. The van der Waals surface area contributed by atoms with Crippen LogP contribution in [0.5, 0.6) is 0 Å². The molecule has 2 unspecified atom stereocenters. The summed E-state index contributed by atoms with van der Waals surface area (Å²) in [5.74, 6) is 0.855. The summed E-state index contributed by atoms with van der Waals surface area (Å²) in [5, 5.41) is 3.84. The SMILES string of the molecule is CCC(CC)C(C)NC1CCC(C)(C)C1. The van der Waals surface area contributed by atoms with E-state index in [-0.39, 0.29) is 0 Å². The molecule has 0 radical (unpaired) electrons. The van der Waals surface area contributed by atoms with Gasteiger partial charge in [-0.1, -0.05) is 40.5 Å². The van der Waals surface area contributed by atoms with Crippen molar-refractivity contribution in [2.45, 2.75) is 78.8 Å². The first kappa shape index (κ1) is 13.0. The molecule has 0 aromatic heterocycles. The second kappa shape index (κ2) is 5.34. The number of hydrogen-bond donors (Lipinski definition) is 1. The van der Waals surface area contributed by atoms with Crippen LogP contribution >= 0.6 is 0 Å². The van der Waals surface area contributed by atoms with Gasteiger partial charge < -0.3 is 5.32 Å². The van der Waals surface area contributed by atoms with Gasteiger partial charge in [-0.25, -0.2) is 0 Å². The van der Waals surface area contributed by atoms with Gasteiger partial charge in [0.15, 0.2) is 0 Å². The maximum Gasteiger partial charge on any atom is 0.00749 e. The summed E-state index contributed by atoms with van der Waals surface area (Å²) in [6.45, 7) is 11.8. The van der Waals surface area contributed by atoms with E-state index < -0.39 is 0 Å². The fourth-order valence-corrected chi connectivity index (χ4v) is 3.08. The van der Waals surface area contributed by atoms with Gasteiger partial charge in [0, 0.05) is 12.1 Å². The molecule has 1 N–H and O–H groups in total. The zero-order valence-corrected chi connectivity index (χ0v) is 11.3. The van der Waals surface area contributed by atoms with Crippen LogP contribution < -0.4 is 5.32 Å². The molecule has 0 aromatic rings. The molecule has 2 atom stereocenters. The molecule has 1 aliphatic carbocycles. The Morgan fingerprint density at radius 3 is 2.27 bits per heavy atom. The Hall–Kier alpha value is -0.0400. The van der Waals surface area contributed by atoms with Crippen molar-refractivity contribution >= 4 is 0 Å². The second-order valence-corrected chi connectivity index (χ2v) is 6.14. The fraction of sp³-hybridized carbons (Fsp3) is 1.00. The van der Waals surface area contributed by atoms with E-state index in [4.69, 9.17) is 0 Å². The normalized spacial score (nSPS) is 27.2. The summed E-state index contributed by atoms with van der Waals surface area (Å²) in [7, 11) is 0. The number of nitrogens with one attached hydrogen (secondary N) is 1. The predicted octanol–water partition coefficient (Wildman–Crippen LogP) is 3.98. The van der Waals surface area contributed by atoms with Crippen LogP contribution in [0.4, 0.5) is 0 Å². The molecule has 15 heavy (non-hydrogen) atoms. The summed E-state index contributed by atoms with van der Waals surface area (Å²) in [4.78, 5) is 0. The maximum atomic E-state index is 3.84. The van der Waals surface area contributed by atoms with E-state index >= 15 is 0 Å². The van der Waals surface area contributed by atoms with Crippen LogP contribution in [0.3, 0.4) is 0 Å². The van der Waals surface area contributed by atoms with E-state index in [1.807, 2.05) is 0 Å². The molecule has 1 saturated carbocycles. The first-order valence-corrected chi connectivity index (χ1v) is 6.74. The highest BCUT2D eigenvalue weighted by Gasteiger charge is 2.31. The minimum Gasteiger partial charge on any atom is -0.311 e. The van der Waals surface area contributed by atoms with Crippen molar-refractivity contribution in [2.24, 2.45) is 11.3 Å². The van der Waals surface area contributed by atoms with Crippen LogP contribution in [0.25, 0.3) is 0 Å². The average molecular weight is 211 g/mol. The lowest BCUT2D eigenvalue weighted by Gasteiger charge is -2.27. The van der Waals surface area contributed by atoms with Gasteiger partial charge >= 0.3 is 0 Å². The zero-order valence-electron chi connectivity index (χ0n) is 11.3. The first-order valence-electron chi connectivity index (χ1n) is 6.74. The molecule has 1 heteroatoms. The van der Waals surface area contributed by atoms with Gasteiger partial charge in [0.1, 0.15) is 0 Å². The van der Waals surface area contributed by atoms with Crippen molar-refractivity contribution in [3.8, 4) is 0 Å². The van der Waals surface area contributed by atoms with Crippen LogP contribution in [-0.2, 0) is 0 Å². The highest BCUT2D eigenvalue weighted by molar-refractivity contribution is 4.88. The minimum atomic E-state index is 0.575. The molecular weight excluding hydrogens is 182 g/mol. The lowest BCUT2D eigenvalue weighted by molar-refractivity contribution is 0.304. The third kappa shape index (κ3) is 3.79. The van der Waals surface area contributed by atoms with Crippen molar-refractivity contribution in [3.05, 3.63) is 0 Å². The molecule has 0 spiro atoms. The molecule has 1 rings (SSSR count). The van der Waals surface area contributed by atoms with Crippen LogP contribution in [0.1, 0.15) is 66.7 Å². The molecule has 0 heterocycles. The van der Waals surface area contributed by atoms with Crippen molar-refractivity contribution in [2.75, 3.05) is 0 Å². The molecule has 1 nitrogen and oxygen atoms in total. The fourth-order valence-electron chi connectivity index (χ4n) is 3.08. The summed E-state index contributed by atoms with van der Waals surface area (Å²) >= 11 is 0. The smallest absolute Gasteiger partial charge is 0.00749 e. The Morgan fingerprint density at radius 1 is 1.27 bits per heavy atom. The molecule has 0 amide bonds. The van der Waals surface area contributed by atoms with Gasteiger partial charge in [-0.2, -0.15) is 0 Å². The third-order valence-electron chi connectivity index (χ3n) is 4.22. The van der Waals surface area contributed by atoms with E-state index in [0.717, 1.165) is 12.0 Å². The quantitative estimate of drug-likeness (QED) is 0.725. The van der Waals surface area contributed by atoms with E-state index in [1.54, 1.807) is 0 Å². The Labute approximate surface area is 96.0 Å². The number of hydrogen-bond acceptors (Lipinski definition) is 1. The standard InChI is InChI=1S/C14H29N/c1-6-12(7-2)11(3)15-13-8-9-14(4,5)10-13/h11-13,15H,6-10H2,1-5H3. The van der Waals surface area contributed by atoms with Crippen LogP contribution in [0, 0.1) is 11.3 Å². The zero-order chi connectivity index (χ0) is 11.5. The van der Waals surface area contributed by atoms with Crippen molar-refractivity contribution < 1.29 is 0 Å². The van der Waals surface area contributed by atoms with Crippen molar-refractivity contribution in [1.29, 1.82) is 0 Å². The highest BCUT2D eigenvalue weighted by Crippen LogP contribution is 2.37. The summed E-state index contributed by atoms with van der Waals surface area (Å²) < 4.78 is 0. The maximum absolute atomic E-state index is 3.84. The monoisotopic (exact) mass is 211 g/mol. The number of rotatable bonds is 5. The van der Waals surface area contributed by atoms with Crippen LogP contribution in [0.2, 0.25) is 0 Å². The largest absolute Gasteiger partial charge is 0.311 e. The second-order valence-electron chi connectivity index (χ2n) is 6.14. The van der Waals surface area contributed by atoms with E-state index in [1.165, 1.54) is 32.1 Å². The first-order chi connectivity index (χ1) is 6.98. The van der Waals surface area contributed by atoms with Gasteiger partial charge in [-0.05, 0) is 37.5 Å². The van der Waals surface area contributed by atoms with E-state index in [0.29, 0.717) is 11.5 Å². The highest BCUT2D eigenvalue weighted by atomic mass is 15.0. The van der Waals surface area contributed by atoms with Crippen molar-refractivity contribution in [1.82, 2.24) is 5.32 Å². The van der Waals surface area contributed by atoms with Crippen molar-refractivity contribution in [3.63, 3.8) is 0 Å². The molecule has 1 fully saturated rings. The van der Waals surface area contributed by atoms with Crippen LogP contribution in [0.15, 0.2) is 0 Å². The third-order valence-corrected chi connectivity index (χ3v) is 4.22. The summed E-state index contributed by atoms with van der Waals surface area (Å²) in [6, 6.07) is 1.47. The molecule has 0 aliphatic heterocycles. The summed E-state index contributed by atoms with van der Waals surface area (Å²) in [6.07, 6.45) is 6.73. The van der Waals surface area contributed by atoms with E-state index in [9.17, 15) is 0 Å². The lowest BCUT2D eigenvalue weighted by atomic mass is 9.91. The Morgan fingerprint density at radius 2 is 1.87 bits per heavy atom. The van der Waals surface area contributed by atoms with Gasteiger partial charge in [0.05, 0.1) is 0 Å². The molecular formula is C14H29N.